The van der Waals surface area contributed by atoms with Crippen LogP contribution in [0.15, 0.2) is 65.6 Å². The molecule has 2 aliphatic rings. The van der Waals surface area contributed by atoms with E-state index in [0.29, 0.717) is 23.0 Å². The second-order valence-electron chi connectivity index (χ2n) is 7.74. The highest BCUT2D eigenvalue weighted by Crippen LogP contribution is 2.51. The topological polar surface area (TPSA) is 107 Å². The number of nitrogens with zero attached hydrogens (tertiary/aromatic N) is 1. The first-order valence-corrected chi connectivity index (χ1v) is 11.6. The predicted octanol–water partition coefficient (Wildman–Crippen LogP) is 3.06. The van der Waals surface area contributed by atoms with Gasteiger partial charge in [0.15, 0.2) is 11.5 Å². The van der Waals surface area contributed by atoms with Gasteiger partial charge in [0.05, 0.1) is 16.0 Å². The zero-order valence-electron chi connectivity index (χ0n) is 17.3. The van der Waals surface area contributed by atoms with Crippen LogP contribution in [0.4, 0.5) is 5.82 Å². The Balaban J connectivity index is 1.36. The highest BCUT2D eigenvalue weighted by molar-refractivity contribution is 7.89. The zero-order chi connectivity index (χ0) is 22.3. The van der Waals surface area contributed by atoms with Gasteiger partial charge < -0.3 is 14.8 Å². The third kappa shape index (κ3) is 3.59. The van der Waals surface area contributed by atoms with E-state index in [1.807, 2.05) is 24.3 Å². The zero-order valence-corrected chi connectivity index (χ0v) is 18.1. The first kappa shape index (κ1) is 20.5. The lowest BCUT2D eigenvalue weighted by Crippen LogP contribution is -2.28. The molecule has 1 saturated carbocycles. The summed E-state index contributed by atoms with van der Waals surface area (Å²) in [6, 6.07) is 17.4. The van der Waals surface area contributed by atoms with E-state index in [1.165, 1.54) is 19.2 Å². The molecule has 5 rings (SSSR count). The molecule has 2 N–H and O–H groups in total. The number of aromatic nitrogens is 1. The van der Waals surface area contributed by atoms with Gasteiger partial charge in [-0.15, -0.1) is 0 Å². The second kappa shape index (κ2) is 7.61. The molecule has 1 aliphatic carbocycles. The number of amides is 1. The molecule has 8 nitrogen and oxygen atoms in total. The summed E-state index contributed by atoms with van der Waals surface area (Å²) < 4.78 is 36.9. The van der Waals surface area contributed by atoms with Gasteiger partial charge in [0.1, 0.15) is 5.82 Å². The number of hydrogen-bond donors (Lipinski definition) is 2. The van der Waals surface area contributed by atoms with Crippen LogP contribution < -0.4 is 19.5 Å². The maximum absolute atomic E-state index is 13.1. The number of hydrogen-bond acceptors (Lipinski definition) is 6. The van der Waals surface area contributed by atoms with E-state index < -0.39 is 15.4 Å². The van der Waals surface area contributed by atoms with Gasteiger partial charge in [-0.25, -0.2) is 18.1 Å². The van der Waals surface area contributed by atoms with E-state index in [2.05, 4.69) is 15.0 Å². The highest BCUT2D eigenvalue weighted by atomic mass is 32.2. The van der Waals surface area contributed by atoms with Crippen LogP contribution in [0.2, 0.25) is 0 Å². The maximum Gasteiger partial charge on any atom is 0.240 e. The summed E-state index contributed by atoms with van der Waals surface area (Å²) in [5.41, 5.74) is 1.68. The highest BCUT2D eigenvalue weighted by Gasteiger charge is 2.51. The Bertz CT molecular complexity index is 1300. The van der Waals surface area contributed by atoms with Crippen molar-refractivity contribution < 1.29 is 22.7 Å². The number of pyridine rings is 1. The molecule has 3 aromatic rings. The lowest BCUT2D eigenvalue weighted by molar-refractivity contribution is -0.118. The SMILES string of the molecule is CNS(=O)(=O)c1ccc(-c2cccc(NC(=O)C3(c4ccc5c(c4)OCO5)CC3)n2)cc1. The Kier molecular flexibility index (Phi) is 4.87. The van der Waals surface area contributed by atoms with Gasteiger partial charge in [-0.2, -0.15) is 0 Å². The number of carbonyl (C=O) groups excluding carboxylic acids is 1. The molecule has 0 saturated heterocycles. The second-order valence-corrected chi connectivity index (χ2v) is 9.63. The van der Waals surface area contributed by atoms with Crippen LogP contribution >= 0.6 is 0 Å². The van der Waals surface area contributed by atoms with Crippen molar-refractivity contribution in [1.82, 2.24) is 9.71 Å². The van der Waals surface area contributed by atoms with Gasteiger partial charge in [0, 0.05) is 5.56 Å². The number of sulfonamides is 1. The average Bonchev–Trinajstić information content (AvgIpc) is 3.50. The maximum atomic E-state index is 13.1. The number of ether oxygens (including phenoxy) is 2. The Hall–Kier alpha value is -3.43. The normalized spacial score (nSPS) is 15.9. The predicted molar refractivity (Wildman–Crippen MR) is 118 cm³/mol. The minimum absolute atomic E-state index is 0.114. The Labute approximate surface area is 185 Å². The van der Waals surface area contributed by atoms with Crippen molar-refractivity contribution in [3.8, 4) is 22.8 Å². The van der Waals surface area contributed by atoms with E-state index >= 15 is 0 Å². The van der Waals surface area contributed by atoms with E-state index in [0.717, 1.165) is 24.0 Å². The van der Waals surface area contributed by atoms with Gasteiger partial charge in [0.25, 0.3) is 0 Å². The molecule has 0 spiro atoms. The van der Waals surface area contributed by atoms with Crippen molar-refractivity contribution in [2.45, 2.75) is 23.2 Å². The van der Waals surface area contributed by atoms with Gasteiger partial charge in [-0.3, -0.25) is 4.79 Å². The Morgan fingerprint density at radius 1 is 1.00 bits per heavy atom. The van der Waals surface area contributed by atoms with Crippen molar-refractivity contribution in [2.75, 3.05) is 19.2 Å². The third-order valence-electron chi connectivity index (χ3n) is 5.83. The molecule has 0 bridgehead atoms. The first-order chi connectivity index (χ1) is 15.4. The van der Waals surface area contributed by atoms with Crippen LogP contribution in [0.1, 0.15) is 18.4 Å². The number of carbonyl (C=O) groups is 1. The molecule has 0 radical (unpaired) electrons. The van der Waals surface area contributed by atoms with Crippen molar-refractivity contribution in [2.24, 2.45) is 0 Å². The van der Waals surface area contributed by atoms with Crippen molar-refractivity contribution in [3.05, 3.63) is 66.2 Å². The molecule has 9 heteroatoms. The molecule has 0 atom stereocenters. The quantitative estimate of drug-likeness (QED) is 0.597. The first-order valence-electron chi connectivity index (χ1n) is 10.1. The van der Waals surface area contributed by atoms with Gasteiger partial charge >= 0.3 is 0 Å². The van der Waals surface area contributed by atoms with Gasteiger partial charge in [-0.1, -0.05) is 24.3 Å². The number of anilines is 1. The van der Waals surface area contributed by atoms with E-state index in [9.17, 15) is 13.2 Å². The van der Waals surface area contributed by atoms with Crippen molar-refractivity contribution in [3.63, 3.8) is 0 Å². The molecule has 0 unspecified atom stereocenters. The van der Waals surface area contributed by atoms with Crippen LogP contribution in [0.5, 0.6) is 11.5 Å². The summed E-state index contributed by atoms with van der Waals surface area (Å²) in [6.07, 6.45) is 1.50. The lowest BCUT2D eigenvalue weighted by atomic mass is 9.94. The third-order valence-corrected chi connectivity index (χ3v) is 7.26. The van der Waals surface area contributed by atoms with Gasteiger partial charge in [-0.05, 0) is 61.9 Å². The smallest absolute Gasteiger partial charge is 0.240 e. The summed E-state index contributed by atoms with van der Waals surface area (Å²) >= 11 is 0. The average molecular weight is 452 g/mol. The summed E-state index contributed by atoms with van der Waals surface area (Å²) in [6.45, 7) is 0.191. The number of nitrogens with one attached hydrogen (secondary N) is 2. The molecule has 1 aliphatic heterocycles. The van der Waals surface area contributed by atoms with Crippen LogP contribution in [-0.4, -0.2) is 33.1 Å². The summed E-state index contributed by atoms with van der Waals surface area (Å²) in [5.74, 6) is 1.67. The summed E-state index contributed by atoms with van der Waals surface area (Å²) in [5, 5.41) is 2.94. The Morgan fingerprint density at radius 2 is 1.75 bits per heavy atom. The fraction of sp³-hybridized carbons (Fsp3) is 0.217. The van der Waals surface area contributed by atoms with Crippen LogP contribution in [0, 0.1) is 0 Å². The molecule has 1 aromatic heterocycles. The molecular weight excluding hydrogens is 430 g/mol. The van der Waals surface area contributed by atoms with Crippen LogP contribution in [-0.2, 0) is 20.2 Å². The molecule has 1 amide bonds. The summed E-state index contributed by atoms with van der Waals surface area (Å²) in [7, 11) is -2.14. The molecule has 32 heavy (non-hydrogen) atoms. The molecular formula is C23H21N3O5S. The van der Waals surface area contributed by atoms with E-state index in [4.69, 9.17) is 9.47 Å². The molecule has 1 fully saturated rings. The monoisotopic (exact) mass is 451 g/mol. The Morgan fingerprint density at radius 3 is 2.47 bits per heavy atom. The van der Waals surface area contributed by atoms with Crippen molar-refractivity contribution in [1.29, 1.82) is 0 Å². The molecule has 164 valence electrons. The fourth-order valence-electron chi connectivity index (χ4n) is 3.79. The van der Waals surface area contributed by atoms with Gasteiger partial charge in [0.2, 0.25) is 22.7 Å². The molecule has 2 heterocycles. The van der Waals surface area contributed by atoms with E-state index in [-0.39, 0.29) is 17.6 Å². The van der Waals surface area contributed by atoms with Crippen molar-refractivity contribution >= 4 is 21.7 Å². The lowest BCUT2D eigenvalue weighted by Gasteiger charge is -2.16. The number of benzene rings is 2. The number of fused-ring (bicyclic) bond motifs is 1. The minimum atomic E-state index is -3.51. The standard InChI is InChI=1S/C23H21N3O5S/c1-24-32(28,29)17-8-5-15(6-9-17)18-3-2-4-21(25-18)26-22(27)23(11-12-23)16-7-10-19-20(13-16)31-14-30-19/h2-10,13,24H,11-12,14H2,1H3,(H,25,26,27). The summed E-state index contributed by atoms with van der Waals surface area (Å²) in [4.78, 5) is 17.9. The van der Waals surface area contributed by atoms with Crippen LogP contribution in [0.25, 0.3) is 11.3 Å². The minimum Gasteiger partial charge on any atom is -0.454 e. The largest absolute Gasteiger partial charge is 0.454 e. The van der Waals surface area contributed by atoms with E-state index in [1.54, 1.807) is 24.3 Å². The molecule has 2 aromatic carbocycles. The number of rotatable bonds is 6. The van der Waals surface area contributed by atoms with Crippen LogP contribution in [0.3, 0.4) is 0 Å². The fourth-order valence-corrected chi connectivity index (χ4v) is 4.52.